The lowest BCUT2D eigenvalue weighted by molar-refractivity contribution is 0.375. The van der Waals surface area contributed by atoms with Gasteiger partial charge in [-0.05, 0) is 42.4 Å². The predicted molar refractivity (Wildman–Crippen MR) is 69.9 cm³/mol. The minimum atomic E-state index is 0.532. The third-order valence-electron chi connectivity index (χ3n) is 3.70. The van der Waals surface area contributed by atoms with Crippen LogP contribution in [0, 0.1) is 19.8 Å². The lowest BCUT2D eigenvalue weighted by Crippen LogP contribution is -2.35. The molecule has 2 rings (SSSR count). The Hall–Kier alpha value is -0.820. The van der Waals surface area contributed by atoms with Crippen LogP contribution in [0.5, 0.6) is 0 Å². The zero-order valence-electron chi connectivity index (χ0n) is 11.1. The highest BCUT2D eigenvalue weighted by molar-refractivity contribution is 5.44. The van der Waals surface area contributed by atoms with Crippen molar-refractivity contribution in [3.8, 4) is 0 Å². The summed E-state index contributed by atoms with van der Waals surface area (Å²) in [5.74, 6) is 1.30. The molecule has 1 heteroatoms. The van der Waals surface area contributed by atoms with Crippen molar-refractivity contribution in [3.05, 3.63) is 34.4 Å². The van der Waals surface area contributed by atoms with Gasteiger partial charge in [-0.25, -0.2) is 0 Å². The van der Waals surface area contributed by atoms with Crippen LogP contribution in [0.1, 0.15) is 55.0 Å². The molecular weight excluding hydrogens is 194 g/mol. The molecule has 0 amide bonds. The molecule has 1 aliphatic rings. The summed E-state index contributed by atoms with van der Waals surface area (Å²) in [5, 5.41) is 3.68. The zero-order chi connectivity index (χ0) is 11.9. The standard InChI is InChI=1S/C15H23N/c1-9(2)15-13-7-10(3)6-11(4)14(13)12(5)8-16-15/h6-7,9,12,15-16H,8H2,1-5H3. The van der Waals surface area contributed by atoms with Crippen molar-refractivity contribution in [2.75, 3.05) is 6.54 Å². The highest BCUT2D eigenvalue weighted by atomic mass is 14.9. The quantitative estimate of drug-likeness (QED) is 0.756. The van der Waals surface area contributed by atoms with Crippen LogP contribution in [0.15, 0.2) is 12.1 Å². The zero-order valence-corrected chi connectivity index (χ0v) is 11.1. The molecule has 2 unspecified atom stereocenters. The van der Waals surface area contributed by atoms with Crippen molar-refractivity contribution in [2.45, 2.75) is 46.6 Å². The van der Waals surface area contributed by atoms with Gasteiger partial charge in [-0.15, -0.1) is 0 Å². The van der Waals surface area contributed by atoms with Gasteiger partial charge < -0.3 is 5.32 Å². The number of benzene rings is 1. The first-order valence-corrected chi connectivity index (χ1v) is 6.35. The van der Waals surface area contributed by atoms with E-state index in [1.807, 2.05) is 0 Å². The van der Waals surface area contributed by atoms with E-state index in [1.165, 1.54) is 16.7 Å². The van der Waals surface area contributed by atoms with Gasteiger partial charge in [-0.3, -0.25) is 0 Å². The van der Waals surface area contributed by atoms with Crippen LogP contribution in [0.25, 0.3) is 0 Å². The lowest BCUT2D eigenvalue weighted by atomic mass is 9.80. The van der Waals surface area contributed by atoms with Gasteiger partial charge in [0.05, 0.1) is 0 Å². The number of aryl methyl sites for hydroxylation is 2. The van der Waals surface area contributed by atoms with Crippen molar-refractivity contribution >= 4 is 0 Å². The van der Waals surface area contributed by atoms with E-state index in [1.54, 1.807) is 5.56 Å². The largest absolute Gasteiger partial charge is 0.309 e. The van der Waals surface area contributed by atoms with Crippen molar-refractivity contribution in [2.24, 2.45) is 5.92 Å². The molecule has 1 aliphatic heterocycles. The summed E-state index contributed by atoms with van der Waals surface area (Å²) in [6.07, 6.45) is 0. The Labute approximate surface area is 99.3 Å². The van der Waals surface area contributed by atoms with Gasteiger partial charge in [0, 0.05) is 12.6 Å². The number of rotatable bonds is 1. The molecule has 1 aromatic rings. The molecular formula is C15H23N. The van der Waals surface area contributed by atoms with E-state index in [2.05, 4.69) is 52.1 Å². The highest BCUT2D eigenvalue weighted by Crippen LogP contribution is 2.36. The molecule has 0 spiro atoms. The molecule has 0 saturated heterocycles. The van der Waals surface area contributed by atoms with Crippen LogP contribution in [0.3, 0.4) is 0 Å². The van der Waals surface area contributed by atoms with Gasteiger partial charge in [0.25, 0.3) is 0 Å². The maximum Gasteiger partial charge on any atom is 0.0346 e. The summed E-state index contributed by atoms with van der Waals surface area (Å²) < 4.78 is 0. The van der Waals surface area contributed by atoms with E-state index < -0.39 is 0 Å². The van der Waals surface area contributed by atoms with E-state index in [9.17, 15) is 0 Å². The normalized spacial score (nSPS) is 24.6. The molecule has 0 radical (unpaired) electrons. The highest BCUT2D eigenvalue weighted by Gasteiger charge is 2.27. The number of nitrogens with one attached hydrogen (secondary N) is 1. The smallest absolute Gasteiger partial charge is 0.0346 e. The van der Waals surface area contributed by atoms with E-state index in [-0.39, 0.29) is 0 Å². The van der Waals surface area contributed by atoms with Gasteiger partial charge >= 0.3 is 0 Å². The van der Waals surface area contributed by atoms with E-state index >= 15 is 0 Å². The SMILES string of the molecule is Cc1cc(C)c2c(c1)C(C(C)C)NCC2C. The van der Waals surface area contributed by atoms with Crippen LogP contribution in [-0.4, -0.2) is 6.54 Å². The second-order valence-corrected chi connectivity index (χ2v) is 5.62. The van der Waals surface area contributed by atoms with Crippen LogP contribution in [0.4, 0.5) is 0 Å². The second kappa shape index (κ2) is 4.21. The molecule has 0 bridgehead atoms. The Bertz CT molecular complexity index is 393. The van der Waals surface area contributed by atoms with E-state index in [0.717, 1.165) is 6.54 Å². The monoisotopic (exact) mass is 217 g/mol. The summed E-state index contributed by atoms with van der Waals surface area (Å²) in [4.78, 5) is 0. The molecule has 1 N–H and O–H groups in total. The molecule has 0 aliphatic carbocycles. The molecule has 0 saturated carbocycles. The molecule has 1 heterocycles. The molecule has 0 aromatic heterocycles. The number of fused-ring (bicyclic) bond motifs is 1. The predicted octanol–water partition coefficient (Wildman–Crippen LogP) is 3.71. The number of hydrogen-bond donors (Lipinski definition) is 1. The summed E-state index contributed by atoms with van der Waals surface area (Å²) in [6, 6.07) is 5.22. The van der Waals surface area contributed by atoms with Crippen LogP contribution in [-0.2, 0) is 0 Å². The number of hydrogen-bond acceptors (Lipinski definition) is 1. The average molecular weight is 217 g/mol. The van der Waals surface area contributed by atoms with Crippen LogP contribution >= 0.6 is 0 Å². The first-order chi connectivity index (χ1) is 7.50. The first-order valence-electron chi connectivity index (χ1n) is 6.35. The summed E-state index contributed by atoms with van der Waals surface area (Å²) >= 11 is 0. The molecule has 0 fully saturated rings. The molecule has 1 aromatic carbocycles. The fourth-order valence-corrected chi connectivity index (χ4v) is 3.05. The summed E-state index contributed by atoms with van der Waals surface area (Å²) in [7, 11) is 0. The summed E-state index contributed by atoms with van der Waals surface area (Å²) in [6.45, 7) is 12.5. The Morgan fingerprint density at radius 1 is 1.25 bits per heavy atom. The Kier molecular flexibility index (Phi) is 3.07. The summed E-state index contributed by atoms with van der Waals surface area (Å²) in [5.41, 5.74) is 5.97. The fraction of sp³-hybridized carbons (Fsp3) is 0.600. The average Bonchev–Trinajstić information content (AvgIpc) is 2.15. The van der Waals surface area contributed by atoms with Crippen LogP contribution in [0.2, 0.25) is 0 Å². The minimum absolute atomic E-state index is 0.532. The second-order valence-electron chi connectivity index (χ2n) is 5.62. The molecule has 16 heavy (non-hydrogen) atoms. The van der Waals surface area contributed by atoms with Gasteiger partial charge in [0.2, 0.25) is 0 Å². The Morgan fingerprint density at radius 3 is 2.56 bits per heavy atom. The van der Waals surface area contributed by atoms with E-state index in [4.69, 9.17) is 0 Å². The van der Waals surface area contributed by atoms with Gasteiger partial charge in [-0.1, -0.05) is 38.5 Å². The Morgan fingerprint density at radius 2 is 1.94 bits per heavy atom. The van der Waals surface area contributed by atoms with Gasteiger partial charge in [0.15, 0.2) is 0 Å². The van der Waals surface area contributed by atoms with Gasteiger partial charge in [0.1, 0.15) is 0 Å². The topological polar surface area (TPSA) is 12.0 Å². The van der Waals surface area contributed by atoms with E-state index in [0.29, 0.717) is 17.9 Å². The van der Waals surface area contributed by atoms with Crippen molar-refractivity contribution in [1.29, 1.82) is 0 Å². The maximum absolute atomic E-state index is 3.68. The molecule has 1 nitrogen and oxygen atoms in total. The van der Waals surface area contributed by atoms with Crippen molar-refractivity contribution in [1.82, 2.24) is 5.32 Å². The molecule has 88 valence electrons. The minimum Gasteiger partial charge on any atom is -0.309 e. The maximum atomic E-state index is 3.68. The van der Waals surface area contributed by atoms with Crippen molar-refractivity contribution in [3.63, 3.8) is 0 Å². The lowest BCUT2D eigenvalue weighted by Gasteiger charge is -2.35. The third kappa shape index (κ3) is 1.89. The third-order valence-corrected chi connectivity index (χ3v) is 3.70. The molecule has 2 atom stereocenters. The van der Waals surface area contributed by atoms with Crippen molar-refractivity contribution < 1.29 is 0 Å². The first kappa shape index (κ1) is 11.7. The van der Waals surface area contributed by atoms with Crippen LogP contribution < -0.4 is 5.32 Å². The fourth-order valence-electron chi connectivity index (χ4n) is 3.05. The van der Waals surface area contributed by atoms with Gasteiger partial charge in [-0.2, -0.15) is 0 Å². The Balaban J connectivity index is 2.56.